The number of likely N-dealkylation sites (tertiary alicyclic amines) is 1. The summed E-state index contributed by atoms with van der Waals surface area (Å²) in [6.45, 7) is 10.7. The van der Waals surface area contributed by atoms with Crippen LogP contribution in [0.25, 0.3) is 0 Å². The highest BCUT2D eigenvalue weighted by molar-refractivity contribution is 4.99. The molecule has 1 saturated heterocycles. The number of rotatable bonds is 2. The van der Waals surface area contributed by atoms with Crippen molar-refractivity contribution in [2.75, 3.05) is 6.54 Å². The normalized spacial score (nSPS) is 38.8. The Morgan fingerprint density at radius 2 is 1.88 bits per heavy atom. The van der Waals surface area contributed by atoms with Crippen molar-refractivity contribution in [3.8, 4) is 0 Å². The molecular weight excluding hydrogens is 208 g/mol. The molecule has 0 bridgehead atoms. The number of hydrogen-bond acceptors (Lipinski definition) is 2. The molecule has 1 aliphatic carbocycles. The van der Waals surface area contributed by atoms with Gasteiger partial charge in [0.2, 0.25) is 0 Å². The molecule has 2 fully saturated rings. The maximum atomic E-state index is 6.56. The van der Waals surface area contributed by atoms with Gasteiger partial charge in [-0.05, 0) is 43.6 Å². The van der Waals surface area contributed by atoms with Gasteiger partial charge in [0, 0.05) is 18.1 Å². The van der Waals surface area contributed by atoms with E-state index in [0.717, 1.165) is 12.0 Å². The van der Waals surface area contributed by atoms with Crippen LogP contribution in [0.15, 0.2) is 0 Å². The molecule has 0 aromatic rings. The molecule has 2 N–H and O–H groups in total. The molecule has 0 radical (unpaired) electrons. The largest absolute Gasteiger partial charge is 0.326 e. The highest BCUT2D eigenvalue weighted by atomic mass is 15.2. The molecule has 2 aliphatic rings. The van der Waals surface area contributed by atoms with Crippen LogP contribution < -0.4 is 5.73 Å². The minimum Gasteiger partial charge on any atom is -0.326 e. The Bertz CT molecular complexity index is 260. The van der Waals surface area contributed by atoms with Crippen LogP contribution in [0.1, 0.15) is 59.8 Å². The summed E-state index contributed by atoms with van der Waals surface area (Å²) >= 11 is 0. The standard InChI is InChI=1S/C15H30N2/c1-11(2)12-8-6-10-17(12)13-7-5-9-15(3,4)14(13)16/h11-14H,5-10,16H2,1-4H3. The Morgan fingerprint density at radius 3 is 2.53 bits per heavy atom. The average molecular weight is 238 g/mol. The second kappa shape index (κ2) is 4.89. The van der Waals surface area contributed by atoms with Gasteiger partial charge in [-0.1, -0.05) is 34.1 Å². The van der Waals surface area contributed by atoms with Crippen LogP contribution >= 0.6 is 0 Å². The van der Waals surface area contributed by atoms with Gasteiger partial charge in [0.25, 0.3) is 0 Å². The van der Waals surface area contributed by atoms with Crippen molar-refractivity contribution in [3.05, 3.63) is 0 Å². The van der Waals surface area contributed by atoms with Gasteiger partial charge in [-0.3, -0.25) is 4.90 Å². The van der Waals surface area contributed by atoms with Gasteiger partial charge < -0.3 is 5.73 Å². The van der Waals surface area contributed by atoms with Gasteiger partial charge in [0.05, 0.1) is 0 Å². The molecule has 1 aliphatic heterocycles. The zero-order valence-electron chi connectivity index (χ0n) is 12.1. The predicted molar refractivity (Wildman–Crippen MR) is 74.0 cm³/mol. The van der Waals surface area contributed by atoms with E-state index < -0.39 is 0 Å². The zero-order chi connectivity index (χ0) is 12.6. The summed E-state index contributed by atoms with van der Waals surface area (Å²) in [5, 5.41) is 0. The Labute approximate surface area is 107 Å². The second-order valence-electron chi connectivity index (χ2n) is 7.17. The highest BCUT2D eigenvalue weighted by Gasteiger charge is 2.42. The molecule has 2 heteroatoms. The van der Waals surface area contributed by atoms with E-state index in [1.165, 1.54) is 38.6 Å². The highest BCUT2D eigenvalue weighted by Crippen LogP contribution is 2.39. The van der Waals surface area contributed by atoms with Crippen LogP contribution in [0.4, 0.5) is 0 Å². The van der Waals surface area contributed by atoms with E-state index in [0.29, 0.717) is 17.5 Å². The van der Waals surface area contributed by atoms with E-state index in [-0.39, 0.29) is 0 Å². The maximum Gasteiger partial charge on any atom is 0.0255 e. The molecule has 17 heavy (non-hydrogen) atoms. The molecule has 100 valence electrons. The van der Waals surface area contributed by atoms with Gasteiger partial charge in [0.15, 0.2) is 0 Å². The number of nitrogens with zero attached hydrogens (tertiary/aromatic N) is 1. The Kier molecular flexibility index (Phi) is 3.84. The van der Waals surface area contributed by atoms with E-state index in [1.54, 1.807) is 0 Å². The summed E-state index contributed by atoms with van der Waals surface area (Å²) in [4.78, 5) is 2.75. The fourth-order valence-electron chi connectivity index (χ4n) is 3.95. The third kappa shape index (κ3) is 2.53. The van der Waals surface area contributed by atoms with Crippen LogP contribution in [0.3, 0.4) is 0 Å². The first-order chi connectivity index (χ1) is 7.93. The summed E-state index contributed by atoms with van der Waals surface area (Å²) in [5.41, 5.74) is 6.88. The van der Waals surface area contributed by atoms with Gasteiger partial charge >= 0.3 is 0 Å². The third-order valence-corrected chi connectivity index (χ3v) is 5.18. The van der Waals surface area contributed by atoms with Crippen molar-refractivity contribution in [2.45, 2.75) is 77.9 Å². The van der Waals surface area contributed by atoms with Crippen molar-refractivity contribution in [2.24, 2.45) is 17.1 Å². The van der Waals surface area contributed by atoms with Crippen molar-refractivity contribution in [1.29, 1.82) is 0 Å². The van der Waals surface area contributed by atoms with Crippen molar-refractivity contribution >= 4 is 0 Å². The quantitative estimate of drug-likeness (QED) is 0.801. The van der Waals surface area contributed by atoms with Crippen molar-refractivity contribution in [3.63, 3.8) is 0 Å². The maximum absolute atomic E-state index is 6.56. The zero-order valence-corrected chi connectivity index (χ0v) is 12.1. The van der Waals surface area contributed by atoms with E-state index in [9.17, 15) is 0 Å². The fraction of sp³-hybridized carbons (Fsp3) is 1.00. The van der Waals surface area contributed by atoms with Gasteiger partial charge in [-0.2, -0.15) is 0 Å². The smallest absolute Gasteiger partial charge is 0.0255 e. The first-order valence-electron chi connectivity index (χ1n) is 7.45. The van der Waals surface area contributed by atoms with Crippen molar-refractivity contribution < 1.29 is 0 Å². The Balaban J connectivity index is 2.10. The topological polar surface area (TPSA) is 29.3 Å². The lowest BCUT2D eigenvalue weighted by Gasteiger charge is -2.47. The lowest BCUT2D eigenvalue weighted by molar-refractivity contribution is 0.0475. The molecule has 3 unspecified atom stereocenters. The number of hydrogen-bond donors (Lipinski definition) is 1. The van der Waals surface area contributed by atoms with Gasteiger partial charge in [-0.25, -0.2) is 0 Å². The molecular formula is C15H30N2. The molecule has 0 aromatic carbocycles. The summed E-state index contributed by atoms with van der Waals surface area (Å²) < 4.78 is 0. The minimum absolute atomic E-state index is 0.326. The summed E-state index contributed by atoms with van der Waals surface area (Å²) in [6, 6.07) is 1.77. The van der Waals surface area contributed by atoms with E-state index >= 15 is 0 Å². The van der Waals surface area contributed by atoms with Crippen LogP contribution in [0.5, 0.6) is 0 Å². The molecule has 1 saturated carbocycles. The van der Waals surface area contributed by atoms with Gasteiger partial charge in [0.1, 0.15) is 0 Å². The molecule has 2 nitrogen and oxygen atoms in total. The average Bonchev–Trinajstić information content (AvgIpc) is 2.70. The molecule has 0 spiro atoms. The van der Waals surface area contributed by atoms with Crippen molar-refractivity contribution in [1.82, 2.24) is 4.90 Å². The molecule has 1 heterocycles. The first-order valence-corrected chi connectivity index (χ1v) is 7.45. The number of nitrogens with two attached hydrogens (primary N) is 1. The first kappa shape index (κ1) is 13.4. The lowest BCUT2D eigenvalue weighted by atomic mass is 9.70. The van der Waals surface area contributed by atoms with E-state index in [4.69, 9.17) is 5.73 Å². The monoisotopic (exact) mass is 238 g/mol. The summed E-state index contributed by atoms with van der Waals surface area (Å²) in [7, 11) is 0. The summed E-state index contributed by atoms with van der Waals surface area (Å²) in [5.74, 6) is 0.773. The summed E-state index contributed by atoms with van der Waals surface area (Å²) in [6.07, 6.45) is 6.71. The molecule has 2 rings (SSSR count). The van der Waals surface area contributed by atoms with Crippen LogP contribution in [0.2, 0.25) is 0 Å². The molecule has 0 aromatic heterocycles. The third-order valence-electron chi connectivity index (χ3n) is 5.18. The Hall–Kier alpha value is -0.0800. The fourth-order valence-corrected chi connectivity index (χ4v) is 3.95. The predicted octanol–water partition coefficient (Wildman–Crippen LogP) is 3.01. The lowest BCUT2D eigenvalue weighted by Crippen LogP contribution is -2.58. The van der Waals surface area contributed by atoms with E-state index in [1.807, 2.05) is 0 Å². The van der Waals surface area contributed by atoms with Gasteiger partial charge in [-0.15, -0.1) is 0 Å². The second-order valence-corrected chi connectivity index (χ2v) is 7.17. The molecule has 3 atom stereocenters. The van der Waals surface area contributed by atoms with Crippen LogP contribution in [-0.4, -0.2) is 29.6 Å². The molecule has 0 amide bonds. The van der Waals surface area contributed by atoms with E-state index in [2.05, 4.69) is 32.6 Å². The van der Waals surface area contributed by atoms with Crippen LogP contribution in [-0.2, 0) is 0 Å². The SMILES string of the molecule is CC(C)C1CCCN1C1CCCC(C)(C)C1N. The van der Waals surface area contributed by atoms with Crippen LogP contribution in [0, 0.1) is 11.3 Å². The Morgan fingerprint density at radius 1 is 1.18 bits per heavy atom. The minimum atomic E-state index is 0.326.